The van der Waals surface area contributed by atoms with E-state index < -0.39 is 6.04 Å². The number of nitrogens with one attached hydrogen (secondary N) is 2. The van der Waals surface area contributed by atoms with Crippen LogP contribution < -0.4 is 10.6 Å². The summed E-state index contributed by atoms with van der Waals surface area (Å²) in [4.78, 5) is 30.4. The first-order valence-corrected chi connectivity index (χ1v) is 12.8. The second kappa shape index (κ2) is 11.3. The van der Waals surface area contributed by atoms with Crippen molar-refractivity contribution in [1.82, 2.24) is 9.80 Å². The fraction of sp³-hybridized carbons (Fsp3) is 0.462. The van der Waals surface area contributed by atoms with E-state index in [1.54, 1.807) is 4.90 Å². The van der Waals surface area contributed by atoms with Crippen molar-refractivity contribution in [2.24, 2.45) is 0 Å². The molecule has 3 amide bonds. The van der Waals surface area contributed by atoms with Gasteiger partial charge in [0.05, 0.1) is 6.10 Å². The average molecular weight is 529 g/mol. The number of hydrogen-bond acceptors (Lipinski definition) is 4. The van der Waals surface area contributed by atoms with Gasteiger partial charge in [0.2, 0.25) is 5.91 Å². The van der Waals surface area contributed by atoms with Crippen LogP contribution in [0.2, 0.25) is 0 Å². The standard InChI is InChI=1S/C26H33BrN4O3/c1-3-14-34-23-16-24(31(17-23)26(33)29-21-8-5-20(27)6-9-21)25(32)28-22-7-4-18-10-12-30(2)13-11-19(18)15-22/h4-9,15,23-24H,3,10-14,16-17H2,1-2H3,(H,28,32)(H,29,33)/t23?,24-/m1/s1. The van der Waals surface area contributed by atoms with Crippen molar-refractivity contribution in [3.8, 4) is 0 Å². The second-order valence-corrected chi connectivity index (χ2v) is 10.0. The Bertz CT molecular complexity index is 1010. The number of anilines is 2. The molecule has 1 unspecified atom stereocenters. The zero-order valence-corrected chi connectivity index (χ0v) is 21.4. The maximum Gasteiger partial charge on any atom is 0.322 e. The van der Waals surface area contributed by atoms with Crippen LogP contribution >= 0.6 is 15.9 Å². The number of nitrogens with zero attached hydrogens (tertiary/aromatic N) is 2. The minimum Gasteiger partial charge on any atom is -0.376 e. The van der Waals surface area contributed by atoms with Gasteiger partial charge in [-0.1, -0.05) is 28.9 Å². The van der Waals surface area contributed by atoms with Gasteiger partial charge >= 0.3 is 6.03 Å². The third kappa shape index (κ3) is 6.17. The number of likely N-dealkylation sites (tertiary alicyclic amines) is 1. The molecule has 0 bridgehead atoms. The molecule has 182 valence electrons. The molecule has 1 fully saturated rings. The summed E-state index contributed by atoms with van der Waals surface area (Å²) in [5.41, 5.74) is 4.08. The molecule has 2 atom stereocenters. The highest BCUT2D eigenvalue weighted by molar-refractivity contribution is 9.10. The van der Waals surface area contributed by atoms with Crippen molar-refractivity contribution in [3.63, 3.8) is 0 Å². The molecule has 34 heavy (non-hydrogen) atoms. The maximum atomic E-state index is 13.3. The Kier molecular flexibility index (Phi) is 8.24. The largest absolute Gasteiger partial charge is 0.376 e. The van der Waals surface area contributed by atoms with Gasteiger partial charge in [0.25, 0.3) is 0 Å². The van der Waals surface area contributed by atoms with Crippen molar-refractivity contribution < 1.29 is 14.3 Å². The molecular weight excluding hydrogens is 496 g/mol. The summed E-state index contributed by atoms with van der Waals surface area (Å²) in [5.74, 6) is -0.181. The summed E-state index contributed by atoms with van der Waals surface area (Å²) in [6, 6.07) is 12.7. The van der Waals surface area contributed by atoms with Gasteiger partial charge < -0.3 is 25.2 Å². The van der Waals surface area contributed by atoms with Gasteiger partial charge in [-0.15, -0.1) is 0 Å². The van der Waals surface area contributed by atoms with E-state index >= 15 is 0 Å². The van der Waals surface area contributed by atoms with Gasteiger partial charge in [0.1, 0.15) is 6.04 Å². The number of amides is 3. The minimum absolute atomic E-state index is 0.158. The van der Waals surface area contributed by atoms with Crippen LogP contribution in [0.15, 0.2) is 46.9 Å². The van der Waals surface area contributed by atoms with Crippen LogP contribution in [0.4, 0.5) is 16.2 Å². The number of hydrogen-bond donors (Lipinski definition) is 2. The first-order chi connectivity index (χ1) is 16.4. The SMILES string of the molecule is CCCOC1C[C@H](C(=O)Nc2ccc3c(c2)CCN(C)CC3)N(C(=O)Nc2ccc(Br)cc2)C1. The van der Waals surface area contributed by atoms with Crippen molar-refractivity contribution in [2.75, 3.05) is 43.9 Å². The molecule has 1 saturated heterocycles. The van der Waals surface area contributed by atoms with Gasteiger partial charge in [0, 0.05) is 48.5 Å². The van der Waals surface area contributed by atoms with E-state index in [9.17, 15) is 9.59 Å². The Labute approximate surface area is 210 Å². The van der Waals surface area contributed by atoms with E-state index in [0.29, 0.717) is 25.3 Å². The Morgan fingerprint density at radius 1 is 1.03 bits per heavy atom. The Balaban J connectivity index is 1.47. The molecule has 2 aliphatic heterocycles. The average Bonchev–Trinajstić information content (AvgIpc) is 3.18. The quantitative estimate of drug-likeness (QED) is 0.578. The molecule has 0 saturated carbocycles. The van der Waals surface area contributed by atoms with Crippen LogP contribution in [-0.2, 0) is 22.4 Å². The Morgan fingerprint density at radius 2 is 1.74 bits per heavy atom. The van der Waals surface area contributed by atoms with Gasteiger partial charge in [0.15, 0.2) is 0 Å². The zero-order valence-electron chi connectivity index (χ0n) is 19.9. The third-order valence-electron chi connectivity index (χ3n) is 6.48. The third-order valence-corrected chi connectivity index (χ3v) is 7.01. The summed E-state index contributed by atoms with van der Waals surface area (Å²) >= 11 is 3.41. The molecule has 8 heteroatoms. The summed E-state index contributed by atoms with van der Waals surface area (Å²) in [7, 11) is 2.14. The lowest BCUT2D eigenvalue weighted by Gasteiger charge is -2.24. The molecule has 2 aromatic rings. The summed E-state index contributed by atoms with van der Waals surface area (Å²) in [5, 5.41) is 5.98. The maximum absolute atomic E-state index is 13.3. The van der Waals surface area contributed by atoms with Crippen LogP contribution in [0.5, 0.6) is 0 Å². The lowest BCUT2D eigenvalue weighted by Crippen LogP contribution is -2.45. The van der Waals surface area contributed by atoms with Gasteiger partial charge in [-0.25, -0.2) is 4.79 Å². The number of carbonyl (C=O) groups is 2. The molecule has 2 aromatic carbocycles. The predicted molar refractivity (Wildman–Crippen MR) is 138 cm³/mol. The Morgan fingerprint density at radius 3 is 2.47 bits per heavy atom. The molecule has 2 aliphatic rings. The lowest BCUT2D eigenvalue weighted by atomic mass is 10.0. The number of carbonyl (C=O) groups excluding carboxylic acids is 2. The van der Waals surface area contributed by atoms with E-state index in [0.717, 1.165) is 42.5 Å². The van der Waals surface area contributed by atoms with Gasteiger partial charge in [-0.2, -0.15) is 0 Å². The predicted octanol–water partition coefficient (Wildman–Crippen LogP) is 4.52. The van der Waals surface area contributed by atoms with E-state index in [2.05, 4.69) is 50.6 Å². The van der Waals surface area contributed by atoms with Crippen LogP contribution in [0.25, 0.3) is 0 Å². The first-order valence-electron chi connectivity index (χ1n) is 12.0. The topological polar surface area (TPSA) is 73.9 Å². The normalized spacial score (nSPS) is 20.5. The van der Waals surface area contributed by atoms with E-state index in [-0.39, 0.29) is 18.0 Å². The van der Waals surface area contributed by atoms with Crippen molar-refractivity contribution in [2.45, 2.75) is 44.8 Å². The van der Waals surface area contributed by atoms with Crippen LogP contribution in [-0.4, -0.2) is 67.2 Å². The molecular formula is C26H33BrN4O3. The summed E-state index contributed by atoms with van der Waals surface area (Å²) < 4.78 is 6.85. The number of likely N-dealkylation sites (N-methyl/N-ethyl adjacent to an activating group) is 1. The molecule has 4 rings (SSSR count). The number of halogens is 1. The van der Waals surface area contributed by atoms with Crippen molar-refractivity contribution >= 4 is 39.2 Å². The number of benzene rings is 2. The highest BCUT2D eigenvalue weighted by Crippen LogP contribution is 2.25. The van der Waals surface area contributed by atoms with Crippen molar-refractivity contribution in [3.05, 3.63) is 58.1 Å². The van der Waals surface area contributed by atoms with Gasteiger partial charge in [-0.05, 0) is 73.8 Å². The fourth-order valence-corrected chi connectivity index (χ4v) is 4.81. The molecule has 0 aliphatic carbocycles. The highest BCUT2D eigenvalue weighted by atomic mass is 79.9. The lowest BCUT2D eigenvalue weighted by molar-refractivity contribution is -0.119. The fourth-order valence-electron chi connectivity index (χ4n) is 4.54. The van der Waals surface area contributed by atoms with Crippen molar-refractivity contribution in [1.29, 1.82) is 0 Å². The summed E-state index contributed by atoms with van der Waals surface area (Å²) in [6.07, 6.45) is 3.20. The number of rotatable bonds is 6. The number of fused-ring (bicyclic) bond motifs is 1. The molecule has 0 spiro atoms. The number of urea groups is 1. The second-order valence-electron chi connectivity index (χ2n) is 9.11. The van der Waals surface area contributed by atoms with E-state index in [4.69, 9.17) is 4.74 Å². The molecule has 2 heterocycles. The number of ether oxygens (including phenoxy) is 1. The van der Waals surface area contributed by atoms with Crippen LogP contribution in [0.1, 0.15) is 30.9 Å². The molecule has 2 N–H and O–H groups in total. The van der Waals surface area contributed by atoms with E-state index in [1.165, 1.54) is 11.1 Å². The minimum atomic E-state index is -0.595. The monoisotopic (exact) mass is 528 g/mol. The molecule has 0 aromatic heterocycles. The van der Waals surface area contributed by atoms with Gasteiger partial charge in [-0.3, -0.25) is 4.79 Å². The van der Waals surface area contributed by atoms with E-state index in [1.807, 2.05) is 37.3 Å². The highest BCUT2D eigenvalue weighted by Gasteiger charge is 2.40. The van der Waals surface area contributed by atoms with Crippen LogP contribution in [0.3, 0.4) is 0 Å². The van der Waals surface area contributed by atoms with Crippen LogP contribution in [0, 0.1) is 0 Å². The summed E-state index contributed by atoms with van der Waals surface area (Å²) in [6.45, 7) is 5.10. The first kappa shape index (κ1) is 24.7. The molecule has 0 radical (unpaired) electrons. The molecule has 7 nitrogen and oxygen atoms in total. The smallest absolute Gasteiger partial charge is 0.322 e. The zero-order chi connectivity index (χ0) is 24.1. The Hall–Kier alpha value is -2.42.